The van der Waals surface area contributed by atoms with E-state index in [1.165, 1.54) is 193 Å². The van der Waals surface area contributed by atoms with Gasteiger partial charge < -0.3 is 33.8 Å². The summed E-state index contributed by atoms with van der Waals surface area (Å²) in [6.07, 6.45) is 57.4. The summed E-state index contributed by atoms with van der Waals surface area (Å²) in [6, 6.07) is 0. The van der Waals surface area contributed by atoms with Crippen LogP contribution < -0.4 is 0 Å². The molecule has 0 aliphatic heterocycles. The summed E-state index contributed by atoms with van der Waals surface area (Å²) in [5.41, 5.74) is 0. The van der Waals surface area contributed by atoms with Crippen LogP contribution in [-0.2, 0) is 65.4 Å². The van der Waals surface area contributed by atoms with E-state index in [0.717, 1.165) is 121 Å². The minimum Gasteiger partial charge on any atom is -0.462 e. The second-order valence-electron chi connectivity index (χ2n) is 27.3. The number of ether oxygens (including phenoxy) is 4. The van der Waals surface area contributed by atoms with Gasteiger partial charge in [-0.15, -0.1) is 0 Å². The largest absolute Gasteiger partial charge is 0.472 e. The van der Waals surface area contributed by atoms with E-state index in [1.807, 2.05) is 0 Å². The number of carbonyl (C=O) groups is 4. The Morgan fingerprint density at radius 1 is 0.298 bits per heavy atom. The summed E-state index contributed by atoms with van der Waals surface area (Å²) in [7, 11) is -9.89. The normalized spacial score (nSPS) is 14.3. The van der Waals surface area contributed by atoms with E-state index in [-0.39, 0.29) is 25.7 Å². The number of hydrogen-bond donors (Lipinski definition) is 3. The number of esters is 4. The number of unbranched alkanes of at least 4 members (excludes halogenated alkanes) is 46. The highest BCUT2D eigenvalue weighted by Crippen LogP contribution is 2.45. The van der Waals surface area contributed by atoms with Crippen molar-refractivity contribution in [2.75, 3.05) is 39.6 Å². The Morgan fingerprint density at radius 2 is 0.511 bits per heavy atom. The number of aliphatic hydroxyl groups excluding tert-OH is 1. The number of phosphoric acid groups is 2. The lowest BCUT2D eigenvalue weighted by molar-refractivity contribution is -0.161. The molecule has 0 heterocycles. The minimum atomic E-state index is -4.95. The molecule has 0 aromatic carbocycles. The van der Waals surface area contributed by atoms with Crippen LogP contribution in [0, 0.1) is 5.92 Å². The lowest BCUT2D eigenvalue weighted by Gasteiger charge is -2.21. The van der Waals surface area contributed by atoms with Crippen molar-refractivity contribution in [2.24, 2.45) is 5.92 Å². The Kier molecular flexibility index (Phi) is 66.8. The maximum Gasteiger partial charge on any atom is 0.472 e. The molecule has 3 N–H and O–H groups in total. The molecule has 0 fully saturated rings. The van der Waals surface area contributed by atoms with Crippen molar-refractivity contribution in [3.05, 3.63) is 0 Å². The summed E-state index contributed by atoms with van der Waals surface area (Å²) < 4.78 is 68.2. The molecule has 558 valence electrons. The van der Waals surface area contributed by atoms with E-state index < -0.39 is 97.5 Å². The van der Waals surface area contributed by atoms with Crippen molar-refractivity contribution in [3.63, 3.8) is 0 Å². The third-order valence-corrected chi connectivity index (χ3v) is 19.8. The molecule has 17 nitrogen and oxygen atoms in total. The fraction of sp³-hybridized carbons (Fsp3) is 0.947. The van der Waals surface area contributed by atoms with Crippen LogP contribution in [0.3, 0.4) is 0 Å². The zero-order valence-electron chi connectivity index (χ0n) is 61.1. The van der Waals surface area contributed by atoms with Crippen molar-refractivity contribution < 1.29 is 80.2 Å². The predicted octanol–water partition coefficient (Wildman–Crippen LogP) is 22.1. The van der Waals surface area contributed by atoms with Gasteiger partial charge >= 0.3 is 39.5 Å². The van der Waals surface area contributed by atoms with Crippen molar-refractivity contribution in [1.29, 1.82) is 0 Å². The molecule has 19 heteroatoms. The van der Waals surface area contributed by atoms with Gasteiger partial charge in [-0.2, -0.15) is 0 Å². The van der Waals surface area contributed by atoms with E-state index in [4.69, 9.17) is 37.0 Å². The SMILES string of the molecule is CCCCCCCCCCCCCCCCCCCCCCCCC(=O)O[C@H](COC(=O)CCCCCCCCCCCCCCCCC(C)CC)COP(=O)(O)OC[C@@H](O)COP(=O)(O)OC[C@@H](COC(=O)CCCCCCCCC)OC(=O)CCCCCCCCC. The average molecular weight is 1380 g/mol. The second kappa shape index (κ2) is 68.2. The molecule has 0 radical (unpaired) electrons. The first-order chi connectivity index (χ1) is 45.6. The van der Waals surface area contributed by atoms with Gasteiger partial charge in [0.05, 0.1) is 26.4 Å². The van der Waals surface area contributed by atoms with Crippen LogP contribution in [0.2, 0.25) is 0 Å². The molecule has 0 aliphatic carbocycles. The Bertz CT molecular complexity index is 1810. The van der Waals surface area contributed by atoms with Gasteiger partial charge in [0, 0.05) is 25.7 Å². The van der Waals surface area contributed by atoms with Gasteiger partial charge in [0.1, 0.15) is 19.3 Å². The van der Waals surface area contributed by atoms with Crippen molar-refractivity contribution in [3.8, 4) is 0 Å². The van der Waals surface area contributed by atoms with Gasteiger partial charge in [-0.25, -0.2) is 9.13 Å². The van der Waals surface area contributed by atoms with Crippen LogP contribution in [0.4, 0.5) is 0 Å². The van der Waals surface area contributed by atoms with Crippen LogP contribution >= 0.6 is 15.6 Å². The number of hydrogen-bond acceptors (Lipinski definition) is 15. The zero-order chi connectivity index (χ0) is 69.1. The van der Waals surface area contributed by atoms with Crippen LogP contribution in [0.5, 0.6) is 0 Å². The molecular weight excluding hydrogens is 1230 g/mol. The molecule has 0 aliphatic rings. The topological polar surface area (TPSA) is 237 Å². The average Bonchev–Trinajstić information content (AvgIpc) is 1.87. The smallest absolute Gasteiger partial charge is 0.462 e. The quantitative estimate of drug-likeness (QED) is 0.0222. The molecule has 0 saturated carbocycles. The molecule has 0 amide bonds. The van der Waals surface area contributed by atoms with Crippen LogP contribution in [0.1, 0.15) is 394 Å². The molecular formula is C75H146O17P2. The molecule has 3 unspecified atom stereocenters. The Balaban J connectivity index is 5.10. The van der Waals surface area contributed by atoms with Crippen LogP contribution in [0.15, 0.2) is 0 Å². The third-order valence-electron chi connectivity index (χ3n) is 17.9. The fourth-order valence-electron chi connectivity index (χ4n) is 11.5. The highest BCUT2D eigenvalue weighted by molar-refractivity contribution is 7.47. The molecule has 0 spiro atoms. The van der Waals surface area contributed by atoms with Gasteiger partial charge in [0.25, 0.3) is 0 Å². The first kappa shape index (κ1) is 92.1. The maximum absolute atomic E-state index is 13.1. The zero-order valence-corrected chi connectivity index (χ0v) is 62.9. The molecule has 94 heavy (non-hydrogen) atoms. The molecule has 0 bridgehead atoms. The molecule has 0 saturated heterocycles. The van der Waals surface area contributed by atoms with Gasteiger partial charge in [0.2, 0.25) is 0 Å². The van der Waals surface area contributed by atoms with Crippen LogP contribution in [0.25, 0.3) is 0 Å². The van der Waals surface area contributed by atoms with E-state index in [9.17, 15) is 43.2 Å². The number of carbonyl (C=O) groups excluding carboxylic acids is 4. The first-order valence-corrected chi connectivity index (χ1v) is 42.2. The molecule has 0 rings (SSSR count). The lowest BCUT2D eigenvalue weighted by atomic mass is 9.99. The van der Waals surface area contributed by atoms with E-state index in [1.54, 1.807) is 0 Å². The van der Waals surface area contributed by atoms with E-state index in [2.05, 4.69) is 34.6 Å². The van der Waals surface area contributed by atoms with Crippen molar-refractivity contribution in [1.82, 2.24) is 0 Å². The first-order valence-electron chi connectivity index (χ1n) is 39.2. The van der Waals surface area contributed by atoms with Gasteiger partial charge in [-0.05, 0) is 31.6 Å². The van der Waals surface area contributed by atoms with Gasteiger partial charge in [-0.1, -0.05) is 343 Å². The maximum atomic E-state index is 13.1. The lowest BCUT2D eigenvalue weighted by Crippen LogP contribution is -2.30. The van der Waals surface area contributed by atoms with Crippen molar-refractivity contribution >= 4 is 39.5 Å². The van der Waals surface area contributed by atoms with Gasteiger partial charge in [0.15, 0.2) is 12.2 Å². The van der Waals surface area contributed by atoms with Crippen LogP contribution in [-0.4, -0.2) is 96.7 Å². The van der Waals surface area contributed by atoms with E-state index in [0.29, 0.717) is 25.7 Å². The second-order valence-corrected chi connectivity index (χ2v) is 30.2. The third kappa shape index (κ3) is 67.3. The fourth-order valence-corrected chi connectivity index (χ4v) is 13.1. The van der Waals surface area contributed by atoms with Gasteiger partial charge in [-0.3, -0.25) is 37.3 Å². The minimum absolute atomic E-state index is 0.104. The Labute approximate surface area is 575 Å². The molecule has 0 aromatic heterocycles. The standard InChI is InChI=1S/C75H146O17P2/c1-6-10-13-16-19-20-21-22-23-24-25-26-27-28-29-30-35-38-41-46-51-56-61-75(80)92-71(65-86-73(78)59-54-49-45-40-37-34-32-31-33-36-39-44-47-52-57-68(5)9-4)67-90-94(83,84)88-63-69(76)62-87-93(81,82)89-66-70(91-74(79)60-55-50-43-18-15-12-8-3)64-85-72(77)58-53-48-42-17-14-11-7-2/h68-71,76H,6-67H2,1-5H3,(H,81,82)(H,83,84)/t68?,69-,70+,71+/m0/s1. The van der Waals surface area contributed by atoms with Crippen molar-refractivity contribution in [2.45, 2.75) is 412 Å². The Hall–Kier alpha value is -1.94. The summed E-state index contributed by atoms with van der Waals surface area (Å²) in [5, 5.41) is 10.6. The number of phosphoric ester groups is 2. The number of aliphatic hydroxyl groups is 1. The molecule has 0 aromatic rings. The summed E-state index contributed by atoms with van der Waals surface area (Å²) >= 11 is 0. The Morgan fingerprint density at radius 3 is 0.755 bits per heavy atom. The van der Waals surface area contributed by atoms with E-state index >= 15 is 0 Å². The summed E-state index contributed by atoms with van der Waals surface area (Å²) in [6.45, 7) is 7.24. The highest BCUT2D eigenvalue weighted by Gasteiger charge is 2.30. The highest BCUT2D eigenvalue weighted by atomic mass is 31.2. The summed E-state index contributed by atoms with van der Waals surface area (Å²) in [5.74, 6) is -1.28. The molecule has 6 atom stereocenters. The monoisotopic (exact) mass is 1380 g/mol. The predicted molar refractivity (Wildman–Crippen MR) is 382 cm³/mol. The summed E-state index contributed by atoms with van der Waals surface area (Å²) in [4.78, 5) is 72.4. The number of rotatable bonds is 75.